The average Bonchev–Trinajstić information content (AvgIpc) is 2.67. The number of ketones is 1. The number of halogens is 3. The molecule has 0 aliphatic carbocycles. The van der Waals surface area contributed by atoms with Gasteiger partial charge in [-0.15, -0.1) is 11.3 Å². The first-order chi connectivity index (χ1) is 8.06. The van der Waals surface area contributed by atoms with Gasteiger partial charge >= 0.3 is 0 Å². The summed E-state index contributed by atoms with van der Waals surface area (Å²) < 4.78 is 14.0. The predicted molar refractivity (Wildman–Crippen MR) is 68.8 cm³/mol. The summed E-state index contributed by atoms with van der Waals surface area (Å²) in [4.78, 5) is 12.7. The van der Waals surface area contributed by atoms with Crippen LogP contribution in [0.3, 0.4) is 0 Å². The minimum Gasteiger partial charge on any atom is -0.294 e. The second-order valence-electron chi connectivity index (χ2n) is 3.43. The molecule has 1 nitrogen and oxygen atoms in total. The highest BCUT2D eigenvalue weighted by molar-refractivity contribution is 7.16. The molecule has 1 aromatic heterocycles. The number of thiophene rings is 1. The Kier molecular flexibility index (Phi) is 3.82. The number of hydrogen-bond donors (Lipinski definition) is 0. The van der Waals surface area contributed by atoms with Crippen molar-refractivity contribution in [2.24, 2.45) is 0 Å². The van der Waals surface area contributed by atoms with Crippen LogP contribution in [0.5, 0.6) is 0 Å². The van der Waals surface area contributed by atoms with Crippen LogP contribution in [0.2, 0.25) is 9.36 Å². The van der Waals surface area contributed by atoms with Crippen molar-refractivity contribution in [2.45, 2.75) is 6.42 Å². The lowest BCUT2D eigenvalue weighted by atomic mass is 10.1. The van der Waals surface area contributed by atoms with Gasteiger partial charge in [-0.2, -0.15) is 0 Å². The molecular formula is C12H7Cl2FOS. The number of carbonyl (C=O) groups is 1. The Labute approximate surface area is 112 Å². The lowest BCUT2D eigenvalue weighted by Crippen LogP contribution is -2.05. The van der Waals surface area contributed by atoms with E-state index in [1.165, 1.54) is 29.5 Å². The fraction of sp³-hybridized carbons (Fsp3) is 0.0833. The number of carbonyl (C=O) groups excluding carboxylic acids is 1. The fourth-order valence-electron chi connectivity index (χ4n) is 1.41. The molecule has 0 aliphatic heterocycles. The standard InChI is InChI=1S/C12H7Cl2FOS/c13-7-1-3-10(15)9(5-7)11(16)6-8-2-4-12(14)17-8/h1-5H,6H2. The largest absolute Gasteiger partial charge is 0.294 e. The Hall–Kier alpha value is -0.900. The third-order valence-corrected chi connectivity index (χ3v) is 3.66. The van der Waals surface area contributed by atoms with Crippen LogP contribution in [-0.2, 0) is 6.42 Å². The first-order valence-electron chi connectivity index (χ1n) is 4.79. The van der Waals surface area contributed by atoms with Gasteiger partial charge in [0.1, 0.15) is 5.82 Å². The molecule has 2 rings (SSSR count). The minimum absolute atomic E-state index is 0.0158. The second kappa shape index (κ2) is 5.17. The van der Waals surface area contributed by atoms with Gasteiger partial charge in [0.05, 0.1) is 9.90 Å². The van der Waals surface area contributed by atoms with Gasteiger partial charge in [-0.3, -0.25) is 4.79 Å². The van der Waals surface area contributed by atoms with Gasteiger partial charge in [0.2, 0.25) is 0 Å². The summed E-state index contributed by atoms with van der Waals surface area (Å²) >= 11 is 12.8. The highest BCUT2D eigenvalue weighted by Crippen LogP contribution is 2.24. The molecule has 0 atom stereocenters. The first kappa shape index (κ1) is 12.6. The monoisotopic (exact) mass is 288 g/mol. The minimum atomic E-state index is -0.554. The SMILES string of the molecule is O=C(Cc1ccc(Cl)s1)c1cc(Cl)ccc1F. The van der Waals surface area contributed by atoms with Gasteiger partial charge in [-0.05, 0) is 30.3 Å². The van der Waals surface area contributed by atoms with Crippen LogP contribution in [0, 0.1) is 5.82 Å². The van der Waals surface area contributed by atoms with E-state index in [9.17, 15) is 9.18 Å². The summed E-state index contributed by atoms with van der Waals surface area (Å²) in [6.07, 6.45) is 0.134. The highest BCUT2D eigenvalue weighted by Gasteiger charge is 2.13. The van der Waals surface area contributed by atoms with Crippen LogP contribution in [0.25, 0.3) is 0 Å². The third kappa shape index (κ3) is 3.06. The van der Waals surface area contributed by atoms with Gasteiger partial charge in [0.25, 0.3) is 0 Å². The van der Waals surface area contributed by atoms with Crippen molar-refractivity contribution in [3.63, 3.8) is 0 Å². The van der Waals surface area contributed by atoms with E-state index >= 15 is 0 Å². The number of hydrogen-bond acceptors (Lipinski definition) is 2. The first-order valence-corrected chi connectivity index (χ1v) is 6.36. The zero-order valence-electron chi connectivity index (χ0n) is 8.54. The molecule has 2 aromatic rings. The maximum absolute atomic E-state index is 13.4. The molecule has 1 aromatic carbocycles. The van der Waals surface area contributed by atoms with E-state index in [0.717, 1.165) is 4.88 Å². The van der Waals surface area contributed by atoms with Crippen LogP contribution >= 0.6 is 34.5 Å². The molecule has 0 fully saturated rings. The van der Waals surface area contributed by atoms with Crippen molar-refractivity contribution < 1.29 is 9.18 Å². The Morgan fingerprint density at radius 2 is 2.00 bits per heavy atom. The fourth-order valence-corrected chi connectivity index (χ4v) is 2.67. The summed E-state index contributed by atoms with van der Waals surface area (Å²) in [5.74, 6) is -0.856. The van der Waals surface area contributed by atoms with E-state index in [1.54, 1.807) is 12.1 Å². The molecule has 0 spiro atoms. The molecule has 0 radical (unpaired) electrons. The lowest BCUT2D eigenvalue weighted by Gasteiger charge is -2.01. The Balaban J connectivity index is 2.22. The van der Waals surface area contributed by atoms with E-state index in [0.29, 0.717) is 9.36 Å². The molecule has 1 heterocycles. The zero-order chi connectivity index (χ0) is 12.4. The second-order valence-corrected chi connectivity index (χ2v) is 5.67. The topological polar surface area (TPSA) is 17.1 Å². The van der Waals surface area contributed by atoms with Crippen molar-refractivity contribution >= 4 is 40.3 Å². The highest BCUT2D eigenvalue weighted by atomic mass is 35.5. The van der Waals surface area contributed by atoms with Gasteiger partial charge in [-0.25, -0.2) is 4.39 Å². The van der Waals surface area contributed by atoms with E-state index in [1.807, 2.05) is 0 Å². The molecule has 88 valence electrons. The Morgan fingerprint density at radius 3 is 2.65 bits per heavy atom. The smallest absolute Gasteiger partial charge is 0.171 e. The van der Waals surface area contributed by atoms with Crippen molar-refractivity contribution in [1.29, 1.82) is 0 Å². The molecular weight excluding hydrogens is 282 g/mol. The van der Waals surface area contributed by atoms with Crippen LogP contribution in [-0.4, -0.2) is 5.78 Å². The van der Waals surface area contributed by atoms with Gasteiger partial charge in [0.15, 0.2) is 5.78 Å². The molecule has 0 aliphatic rings. The molecule has 17 heavy (non-hydrogen) atoms. The van der Waals surface area contributed by atoms with Gasteiger partial charge in [0, 0.05) is 16.3 Å². The number of Topliss-reactive ketones (excluding diaryl/α,β-unsaturated/α-hetero) is 1. The van der Waals surface area contributed by atoms with Crippen molar-refractivity contribution in [2.75, 3.05) is 0 Å². The summed E-state index contributed by atoms with van der Waals surface area (Å²) in [5, 5.41) is 0.346. The van der Waals surface area contributed by atoms with Crippen molar-refractivity contribution in [1.82, 2.24) is 0 Å². The van der Waals surface area contributed by atoms with E-state index < -0.39 is 5.82 Å². The van der Waals surface area contributed by atoms with E-state index in [2.05, 4.69) is 0 Å². The maximum atomic E-state index is 13.4. The van der Waals surface area contributed by atoms with E-state index in [4.69, 9.17) is 23.2 Å². The van der Waals surface area contributed by atoms with Gasteiger partial charge in [-0.1, -0.05) is 23.2 Å². The Morgan fingerprint density at radius 1 is 1.24 bits per heavy atom. The number of rotatable bonds is 3. The van der Waals surface area contributed by atoms with Crippen LogP contribution in [0.4, 0.5) is 4.39 Å². The molecule has 0 saturated carbocycles. The quantitative estimate of drug-likeness (QED) is 0.753. The normalized spacial score (nSPS) is 10.5. The average molecular weight is 289 g/mol. The molecule has 0 bridgehead atoms. The number of benzene rings is 1. The molecule has 0 saturated heterocycles. The summed E-state index contributed by atoms with van der Waals surface area (Å²) in [5.41, 5.74) is 0.0158. The van der Waals surface area contributed by atoms with Crippen molar-refractivity contribution in [3.05, 3.63) is 55.9 Å². The predicted octanol–water partition coefficient (Wildman–Crippen LogP) is 4.62. The molecule has 5 heteroatoms. The van der Waals surface area contributed by atoms with Crippen LogP contribution in [0.15, 0.2) is 30.3 Å². The lowest BCUT2D eigenvalue weighted by molar-refractivity contribution is 0.0990. The molecule has 0 unspecified atom stereocenters. The summed E-state index contributed by atoms with van der Waals surface area (Å²) in [7, 11) is 0. The van der Waals surface area contributed by atoms with Crippen LogP contribution < -0.4 is 0 Å². The summed E-state index contributed by atoms with van der Waals surface area (Å²) in [6, 6.07) is 7.41. The summed E-state index contributed by atoms with van der Waals surface area (Å²) in [6.45, 7) is 0. The third-order valence-electron chi connectivity index (χ3n) is 2.19. The molecule has 0 amide bonds. The maximum Gasteiger partial charge on any atom is 0.171 e. The zero-order valence-corrected chi connectivity index (χ0v) is 10.9. The van der Waals surface area contributed by atoms with Crippen molar-refractivity contribution in [3.8, 4) is 0 Å². The van der Waals surface area contributed by atoms with Crippen LogP contribution in [0.1, 0.15) is 15.2 Å². The van der Waals surface area contributed by atoms with E-state index in [-0.39, 0.29) is 17.8 Å². The van der Waals surface area contributed by atoms with Gasteiger partial charge < -0.3 is 0 Å². The molecule has 0 N–H and O–H groups in total. The Bertz CT molecular complexity index is 565.